The van der Waals surface area contributed by atoms with E-state index in [1.165, 1.54) is 9.18 Å². The number of rotatable bonds is 8. The second-order valence-corrected chi connectivity index (χ2v) is 7.00. The highest BCUT2D eigenvalue weighted by Gasteiger charge is 2.19. The van der Waals surface area contributed by atoms with Gasteiger partial charge < -0.3 is 5.11 Å². The molecule has 1 heterocycles. The lowest BCUT2D eigenvalue weighted by atomic mass is 10.3. The molecule has 0 aliphatic rings. The van der Waals surface area contributed by atoms with Gasteiger partial charge in [-0.15, -0.1) is 11.3 Å². The maximum atomic E-state index is 11.8. The van der Waals surface area contributed by atoms with Gasteiger partial charge in [-0.05, 0) is 31.2 Å². The van der Waals surface area contributed by atoms with E-state index in [4.69, 9.17) is 5.11 Å². The zero-order valence-electron chi connectivity index (χ0n) is 10.0. The zero-order valence-corrected chi connectivity index (χ0v) is 11.6. The van der Waals surface area contributed by atoms with E-state index in [1.54, 1.807) is 18.3 Å². The quantitative estimate of drug-likeness (QED) is 0.780. The Morgan fingerprint density at radius 3 is 2.71 bits per heavy atom. The normalized spacial score (nSPS) is 12.2. The fraction of sp³-hybridized carbons (Fsp3) is 0.636. The highest BCUT2D eigenvalue weighted by molar-refractivity contribution is 7.89. The van der Waals surface area contributed by atoms with Gasteiger partial charge in [0.25, 0.3) is 0 Å². The first-order chi connectivity index (χ1) is 8.10. The average molecular weight is 277 g/mol. The second kappa shape index (κ2) is 7.10. The molecule has 1 aromatic heterocycles. The van der Waals surface area contributed by atoms with E-state index >= 15 is 0 Å². The first kappa shape index (κ1) is 14.6. The average Bonchev–Trinajstić information content (AvgIpc) is 2.82. The van der Waals surface area contributed by atoms with E-state index in [1.807, 2.05) is 17.5 Å². The van der Waals surface area contributed by atoms with Crippen molar-refractivity contribution in [3.8, 4) is 0 Å². The molecule has 1 aromatic rings. The summed E-state index contributed by atoms with van der Waals surface area (Å²) < 4.78 is 25.1. The van der Waals surface area contributed by atoms with Crippen molar-refractivity contribution in [2.75, 3.05) is 25.4 Å². The van der Waals surface area contributed by atoms with Crippen LogP contribution in [0.25, 0.3) is 0 Å². The maximum absolute atomic E-state index is 11.8. The zero-order chi connectivity index (χ0) is 12.7. The third-order valence-electron chi connectivity index (χ3n) is 2.51. The summed E-state index contributed by atoms with van der Waals surface area (Å²) >= 11 is 1.64. The molecule has 98 valence electrons. The van der Waals surface area contributed by atoms with Crippen molar-refractivity contribution in [1.82, 2.24) is 4.31 Å². The van der Waals surface area contributed by atoms with Crippen LogP contribution < -0.4 is 0 Å². The van der Waals surface area contributed by atoms with Gasteiger partial charge in [-0.1, -0.05) is 6.07 Å². The lowest BCUT2D eigenvalue weighted by Crippen LogP contribution is -2.35. The fourth-order valence-corrected chi connectivity index (χ4v) is 3.35. The monoisotopic (exact) mass is 277 g/mol. The van der Waals surface area contributed by atoms with Gasteiger partial charge in [0.2, 0.25) is 10.0 Å². The molecule has 1 rings (SSSR count). The van der Waals surface area contributed by atoms with Crippen LogP contribution in [-0.4, -0.2) is 43.3 Å². The minimum Gasteiger partial charge on any atom is -0.396 e. The smallest absolute Gasteiger partial charge is 0.213 e. The molecule has 0 atom stereocenters. The van der Waals surface area contributed by atoms with Gasteiger partial charge in [0.15, 0.2) is 0 Å². The molecule has 0 radical (unpaired) electrons. The van der Waals surface area contributed by atoms with Crippen LogP contribution in [0.2, 0.25) is 0 Å². The Morgan fingerprint density at radius 2 is 2.18 bits per heavy atom. The van der Waals surface area contributed by atoms with Gasteiger partial charge in [-0.3, -0.25) is 0 Å². The maximum Gasteiger partial charge on any atom is 0.213 e. The fourth-order valence-electron chi connectivity index (χ4n) is 1.51. The summed E-state index contributed by atoms with van der Waals surface area (Å²) in [5.74, 6) is 0.114. The summed E-state index contributed by atoms with van der Waals surface area (Å²) in [6, 6.07) is 3.97. The predicted octanol–water partition coefficient (Wildman–Crippen LogP) is 1.32. The molecular formula is C11H19NO3S2. The molecular weight excluding hydrogens is 258 g/mol. The molecule has 0 aliphatic heterocycles. The Morgan fingerprint density at radius 1 is 1.41 bits per heavy atom. The third-order valence-corrected chi connectivity index (χ3v) is 5.33. The largest absolute Gasteiger partial charge is 0.396 e. The highest BCUT2D eigenvalue weighted by Crippen LogP contribution is 2.11. The Balaban J connectivity index is 2.57. The van der Waals surface area contributed by atoms with Crippen molar-refractivity contribution in [2.24, 2.45) is 0 Å². The van der Waals surface area contributed by atoms with Crippen LogP contribution in [0.4, 0.5) is 0 Å². The third kappa shape index (κ3) is 4.75. The summed E-state index contributed by atoms with van der Waals surface area (Å²) in [7, 11) is -3.16. The van der Waals surface area contributed by atoms with E-state index < -0.39 is 10.0 Å². The van der Waals surface area contributed by atoms with Crippen molar-refractivity contribution in [2.45, 2.75) is 19.8 Å². The second-order valence-electron chi connectivity index (χ2n) is 3.71. The van der Waals surface area contributed by atoms with Crippen molar-refractivity contribution in [3.05, 3.63) is 22.4 Å². The highest BCUT2D eigenvalue weighted by atomic mass is 32.2. The lowest BCUT2D eigenvalue weighted by Gasteiger charge is -2.20. The number of sulfonamides is 1. The molecule has 0 aromatic carbocycles. The lowest BCUT2D eigenvalue weighted by molar-refractivity contribution is 0.269. The van der Waals surface area contributed by atoms with E-state index in [0.717, 1.165) is 6.42 Å². The number of hydrogen-bond donors (Lipinski definition) is 1. The number of thiophene rings is 1. The Hall–Kier alpha value is -0.430. The van der Waals surface area contributed by atoms with Gasteiger partial charge >= 0.3 is 0 Å². The molecule has 0 aliphatic carbocycles. The molecule has 0 saturated carbocycles. The van der Waals surface area contributed by atoms with E-state index in [2.05, 4.69) is 0 Å². The van der Waals surface area contributed by atoms with Gasteiger partial charge in [0.1, 0.15) is 0 Å². The summed E-state index contributed by atoms with van der Waals surface area (Å²) in [6.45, 7) is 2.57. The Kier molecular flexibility index (Phi) is 6.11. The Labute approximate surface area is 107 Å². The molecule has 0 amide bonds. The van der Waals surface area contributed by atoms with Crippen LogP contribution >= 0.6 is 11.3 Å². The van der Waals surface area contributed by atoms with Crippen LogP contribution in [0, 0.1) is 0 Å². The number of nitrogens with zero attached hydrogens (tertiary/aromatic N) is 1. The van der Waals surface area contributed by atoms with Crippen molar-refractivity contribution in [3.63, 3.8) is 0 Å². The van der Waals surface area contributed by atoms with Crippen molar-refractivity contribution in [1.29, 1.82) is 0 Å². The minimum atomic E-state index is -3.16. The first-order valence-electron chi connectivity index (χ1n) is 5.71. The summed E-state index contributed by atoms with van der Waals surface area (Å²) in [5.41, 5.74) is 0. The summed E-state index contributed by atoms with van der Waals surface area (Å²) in [4.78, 5) is 1.19. The van der Waals surface area contributed by atoms with Gasteiger partial charge in [0.05, 0.1) is 5.75 Å². The van der Waals surface area contributed by atoms with E-state index in [0.29, 0.717) is 19.5 Å². The first-order valence-corrected chi connectivity index (χ1v) is 8.20. The summed E-state index contributed by atoms with van der Waals surface area (Å²) in [5, 5.41) is 10.8. The summed E-state index contributed by atoms with van der Waals surface area (Å²) in [6.07, 6.45) is 1.23. The molecule has 0 fully saturated rings. The molecule has 0 spiro atoms. The predicted molar refractivity (Wildman–Crippen MR) is 70.8 cm³/mol. The molecule has 17 heavy (non-hydrogen) atoms. The molecule has 0 saturated heterocycles. The van der Waals surface area contributed by atoms with Crippen LogP contribution in [-0.2, 0) is 16.4 Å². The standard InChI is InChI=1S/C11H19NO3S2/c1-2-17(14,15)12(7-4-9-13)8-6-11-5-3-10-16-11/h3,5,10,13H,2,4,6-9H2,1H3. The van der Waals surface area contributed by atoms with Crippen LogP contribution in [0.3, 0.4) is 0 Å². The van der Waals surface area contributed by atoms with Crippen LogP contribution in [0.5, 0.6) is 0 Å². The number of aliphatic hydroxyl groups is 1. The molecule has 0 unspecified atom stereocenters. The van der Waals surface area contributed by atoms with Gasteiger partial charge in [-0.25, -0.2) is 12.7 Å². The minimum absolute atomic E-state index is 0.0226. The number of aliphatic hydroxyl groups excluding tert-OH is 1. The molecule has 1 N–H and O–H groups in total. The number of hydrogen-bond acceptors (Lipinski definition) is 4. The topological polar surface area (TPSA) is 57.6 Å². The van der Waals surface area contributed by atoms with Crippen LogP contribution in [0.1, 0.15) is 18.2 Å². The van der Waals surface area contributed by atoms with E-state index in [9.17, 15) is 8.42 Å². The Bertz CT molecular complexity index is 400. The molecule has 0 bridgehead atoms. The van der Waals surface area contributed by atoms with Crippen molar-refractivity contribution < 1.29 is 13.5 Å². The molecule has 4 nitrogen and oxygen atoms in total. The SMILES string of the molecule is CCS(=O)(=O)N(CCCO)CCc1cccs1. The van der Waals surface area contributed by atoms with Gasteiger partial charge in [-0.2, -0.15) is 0 Å². The van der Waals surface area contributed by atoms with Crippen LogP contribution in [0.15, 0.2) is 17.5 Å². The molecule has 6 heteroatoms. The van der Waals surface area contributed by atoms with E-state index in [-0.39, 0.29) is 12.4 Å². The van der Waals surface area contributed by atoms with Gasteiger partial charge in [0, 0.05) is 24.6 Å². The van der Waals surface area contributed by atoms with Crippen molar-refractivity contribution >= 4 is 21.4 Å².